The number of aromatic hydroxyl groups is 1. The molecule has 4 rings (SSSR count). The van der Waals surface area contributed by atoms with Crippen molar-refractivity contribution in [3.8, 4) is 17.2 Å². The molecule has 0 unspecified atom stereocenters. The summed E-state index contributed by atoms with van der Waals surface area (Å²) >= 11 is 12.8. The van der Waals surface area contributed by atoms with Crippen molar-refractivity contribution in [3.63, 3.8) is 0 Å². The van der Waals surface area contributed by atoms with E-state index in [4.69, 9.17) is 27.9 Å². The van der Waals surface area contributed by atoms with Crippen LogP contribution in [-0.4, -0.2) is 45.6 Å². The number of carboxylic acid groups (broad SMARTS) is 1. The molecule has 1 aliphatic rings. The number of aromatic carboxylic acids is 1. The minimum absolute atomic E-state index is 0.0290. The third kappa shape index (κ3) is 4.89. The highest BCUT2D eigenvalue weighted by Crippen LogP contribution is 2.42. The van der Waals surface area contributed by atoms with E-state index in [9.17, 15) is 19.8 Å². The van der Waals surface area contributed by atoms with E-state index in [1.165, 1.54) is 49.6 Å². The van der Waals surface area contributed by atoms with Crippen molar-refractivity contribution in [2.75, 3.05) is 13.6 Å². The van der Waals surface area contributed by atoms with Gasteiger partial charge < -0.3 is 24.8 Å². The molecule has 0 bridgehead atoms. The summed E-state index contributed by atoms with van der Waals surface area (Å²) in [5.41, 5.74) is 0.549. The average molecular weight is 491 g/mol. The Labute approximate surface area is 200 Å². The number of phenols is 1. The van der Waals surface area contributed by atoms with Gasteiger partial charge in [0.15, 0.2) is 5.75 Å². The summed E-state index contributed by atoms with van der Waals surface area (Å²) in [6.07, 6.45) is 5.82. The van der Waals surface area contributed by atoms with Gasteiger partial charge >= 0.3 is 5.97 Å². The lowest BCUT2D eigenvalue weighted by Gasteiger charge is -2.27. The maximum Gasteiger partial charge on any atom is 0.352 e. The maximum atomic E-state index is 13.0. The molecule has 1 aliphatic carbocycles. The molecule has 0 radical (unpaired) electrons. The van der Waals surface area contributed by atoms with Crippen LogP contribution in [-0.2, 0) is 0 Å². The zero-order valence-corrected chi connectivity index (χ0v) is 19.5. The summed E-state index contributed by atoms with van der Waals surface area (Å²) in [5, 5.41) is 20.3. The number of benzene rings is 2. The van der Waals surface area contributed by atoms with Crippen LogP contribution in [0.1, 0.15) is 53.0 Å². The molecular formula is C24H24Cl2N2O5. The van der Waals surface area contributed by atoms with Gasteiger partial charge in [0.25, 0.3) is 5.91 Å². The average Bonchev–Trinajstić information content (AvgIpc) is 3.22. The Morgan fingerprint density at radius 3 is 2.58 bits per heavy atom. The highest BCUT2D eigenvalue weighted by atomic mass is 35.5. The molecule has 0 aliphatic heterocycles. The highest BCUT2D eigenvalue weighted by molar-refractivity contribution is 6.41. The molecule has 1 aromatic heterocycles. The fourth-order valence-electron chi connectivity index (χ4n) is 4.31. The number of carboxylic acids is 1. The number of fused-ring (bicyclic) bond motifs is 1. The molecule has 3 N–H and O–H groups in total. The lowest BCUT2D eigenvalue weighted by molar-refractivity contribution is 0.0690. The number of halogens is 2. The molecule has 33 heavy (non-hydrogen) atoms. The van der Waals surface area contributed by atoms with E-state index in [1.54, 1.807) is 11.9 Å². The van der Waals surface area contributed by atoms with Gasteiger partial charge in [-0.15, -0.1) is 0 Å². The number of amides is 1. The minimum atomic E-state index is -1.13. The standard InChI is InChI=1S/C24H24Cl2N2O5/c1-28(12-13-5-3-2-4-6-13)23(30)16-9-14(7-8-20(16)29)33-22-17(25)11-18-15(21(22)26)10-19(27-18)24(31)32/h7-11,13,27,29H,2-6,12H2,1H3,(H,31,32). The predicted molar refractivity (Wildman–Crippen MR) is 127 cm³/mol. The lowest BCUT2D eigenvalue weighted by Crippen LogP contribution is -2.32. The van der Waals surface area contributed by atoms with Gasteiger partial charge in [0, 0.05) is 24.5 Å². The van der Waals surface area contributed by atoms with Crippen LogP contribution in [0.5, 0.6) is 17.2 Å². The van der Waals surface area contributed by atoms with Gasteiger partial charge in [0.2, 0.25) is 0 Å². The summed E-state index contributed by atoms with van der Waals surface area (Å²) in [4.78, 5) is 28.6. The number of carbonyl (C=O) groups excluding carboxylic acids is 1. The van der Waals surface area contributed by atoms with Gasteiger partial charge in [-0.3, -0.25) is 4.79 Å². The molecule has 0 atom stereocenters. The van der Waals surface area contributed by atoms with Crippen LogP contribution in [0.25, 0.3) is 10.9 Å². The normalized spacial score (nSPS) is 14.4. The number of ether oxygens (including phenoxy) is 1. The lowest BCUT2D eigenvalue weighted by atomic mass is 9.89. The first-order valence-electron chi connectivity index (χ1n) is 10.7. The number of hydrogen-bond acceptors (Lipinski definition) is 4. The van der Waals surface area contributed by atoms with Crippen molar-refractivity contribution in [1.82, 2.24) is 9.88 Å². The van der Waals surface area contributed by atoms with E-state index in [2.05, 4.69) is 4.98 Å². The Kier molecular flexibility index (Phi) is 6.72. The Hall–Kier alpha value is -2.90. The van der Waals surface area contributed by atoms with Crippen molar-refractivity contribution in [3.05, 3.63) is 51.6 Å². The van der Waals surface area contributed by atoms with Crippen molar-refractivity contribution in [2.45, 2.75) is 32.1 Å². The van der Waals surface area contributed by atoms with Crippen LogP contribution in [0.2, 0.25) is 10.0 Å². The Balaban J connectivity index is 1.59. The molecule has 1 saturated carbocycles. The summed E-state index contributed by atoms with van der Waals surface area (Å²) in [6.45, 7) is 0.636. The number of H-pyrrole nitrogens is 1. The molecule has 7 nitrogen and oxygen atoms in total. The van der Waals surface area contributed by atoms with Crippen LogP contribution in [0.4, 0.5) is 0 Å². The van der Waals surface area contributed by atoms with E-state index >= 15 is 0 Å². The van der Waals surface area contributed by atoms with Gasteiger partial charge in [-0.05, 0) is 49.1 Å². The van der Waals surface area contributed by atoms with E-state index in [0.717, 1.165) is 12.8 Å². The van der Waals surface area contributed by atoms with Gasteiger partial charge in [-0.2, -0.15) is 0 Å². The fourth-order valence-corrected chi connectivity index (χ4v) is 4.89. The van der Waals surface area contributed by atoms with Crippen molar-refractivity contribution in [1.29, 1.82) is 0 Å². The van der Waals surface area contributed by atoms with E-state index in [-0.39, 0.29) is 44.5 Å². The second kappa shape index (κ2) is 9.53. The zero-order valence-electron chi connectivity index (χ0n) is 18.0. The largest absolute Gasteiger partial charge is 0.507 e. The Bertz CT molecular complexity index is 1220. The number of carbonyl (C=O) groups is 2. The third-order valence-electron chi connectivity index (χ3n) is 6.02. The molecular weight excluding hydrogens is 467 g/mol. The van der Waals surface area contributed by atoms with E-state index in [1.807, 2.05) is 0 Å². The van der Waals surface area contributed by atoms with Crippen molar-refractivity contribution in [2.24, 2.45) is 5.92 Å². The quantitative estimate of drug-likeness (QED) is 0.374. The summed E-state index contributed by atoms with van der Waals surface area (Å²) in [5.74, 6) is -0.712. The number of rotatable bonds is 6. The topological polar surface area (TPSA) is 103 Å². The number of nitrogens with zero attached hydrogens (tertiary/aromatic N) is 1. The fraction of sp³-hybridized carbons (Fsp3) is 0.333. The molecule has 1 amide bonds. The first-order valence-corrected chi connectivity index (χ1v) is 11.5. The van der Waals surface area contributed by atoms with Crippen LogP contribution < -0.4 is 4.74 Å². The first kappa shape index (κ1) is 23.3. The van der Waals surface area contributed by atoms with E-state index < -0.39 is 5.97 Å². The number of hydrogen-bond donors (Lipinski definition) is 3. The number of aromatic nitrogens is 1. The molecule has 3 aromatic rings. The van der Waals surface area contributed by atoms with Crippen molar-refractivity contribution >= 4 is 46.0 Å². The zero-order chi connectivity index (χ0) is 23.7. The summed E-state index contributed by atoms with van der Waals surface area (Å²) in [6, 6.07) is 7.26. The minimum Gasteiger partial charge on any atom is -0.507 e. The van der Waals surface area contributed by atoms with Crippen LogP contribution in [0, 0.1) is 5.92 Å². The van der Waals surface area contributed by atoms with E-state index in [0.29, 0.717) is 23.4 Å². The highest BCUT2D eigenvalue weighted by Gasteiger charge is 2.23. The molecule has 2 aromatic carbocycles. The number of aromatic amines is 1. The molecule has 1 fully saturated rings. The summed E-state index contributed by atoms with van der Waals surface area (Å²) < 4.78 is 5.89. The third-order valence-corrected chi connectivity index (χ3v) is 6.68. The second-order valence-corrected chi connectivity index (χ2v) is 9.21. The van der Waals surface area contributed by atoms with Gasteiger partial charge in [0.1, 0.15) is 17.2 Å². The molecule has 9 heteroatoms. The predicted octanol–water partition coefficient (Wildman–Crippen LogP) is 6.32. The smallest absolute Gasteiger partial charge is 0.352 e. The van der Waals surface area contributed by atoms with Gasteiger partial charge in [0.05, 0.1) is 15.6 Å². The van der Waals surface area contributed by atoms with Crippen LogP contribution in [0.3, 0.4) is 0 Å². The van der Waals surface area contributed by atoms with Crippen LogP contribution >= 0.6 is 23.2 Å². The van der Waals surface area contributed by atoms with Crippen LogP contribution in [0.15, 0.2) is 30.3 Å². The summed E-state index contributed by atoms with van der Waals surface area (Å²) in [7, 11) is 1.73. The van der Waals surface area contributed by atoms with Gasteiger partial charge in [-0.1, -0.05) is 42.5 Å². The Morgan fingerprint density at radius 1 is 1.15 bits per heavy atom. The number of phenolic OH excluding ortho intramolecular Hbond substituents is 1. The maximum absolute atomic E-state index is 13.0. The molecule has 0 spiro atoms. The Morgan fingerprint density at radius 2 is 1.88 bits per heavy atom. The molecule has 174 valence electrons. The van der Waals surface area contributed by atoms with Crippen molar-refractivity contribution < 1.29 is 24.5 Å². The number of nitrogens with one attached hydrogen (secondary N) is 1. The molecule has 0 saturated heterocycles. The first-order chi connectivity index (χ1) is 15.7. The second-order valence-electron chi connectivity index (χ2n) is 8.42. The SMILES string of the molecule is CN(CC1CCCCC1)C(=O)c1cc(Oc2c(Cl)cc3[nH]c(C(=O)O)cc3c2Cl)ccc1O. The van der Waals surface area contributed by atoms with Gasteiger partial charge in [-0.25, -0.2) is 4.79 Å². The molecule has 1 heterocycles. The monoisotopic (exact) mass is 490 g/mol.